The van der Waals surface area contributed by atoms with Crippen molar-refractivity contribution < 1.29 is 82.8 Å². The third-order valence-corrected chi connectivity index (χ3v) is 14.9. The van der Waals surface area contributed by atoms with Crippen LogP contribution in [0.3, 0.4) is 0 Å². The summed E-state index contributed by atoms with van der Waals surface area (Å²) in [7, 11) is 0. The van der Waals surface area contributed by atoms with E-state index in [0.29, 0.717) is 25.7 Å². The minimum Gasteiger partial charge on any atom is -0.481 e. The maximum atomic E-state index is 14.7. The van der Waals surface area contributed by atoms with Gasteiger partial charge in [0.15, 0.2) is 11.9 Å². The van der Waals surface area contributed by atoms with Crippen molar-refractivity contribution in [1.29, 1.82) is 0 Å². The number of aliphatic hydroxyl groups is 2. The molecular weight excluding hydrogens is 1210 g/mol. The zero-order valence-corrected chi connectivity index (χ0v) is 53.2. The third kappa shape index (κ3) is 27.5. The Bertz CT molecular complexity index is 2620. The minimum absolute atomic E-state index is 0.0192. The number of carbonyl (C=O) groups excluding carboxylic acids is 11. The maximum Gasteiger partial charge on any atom is 0.326 e. The number of unbranched alkanes of at least 4 members (excludes halogenated alkanes) is 1. The average molecular weight is 1310 g/mol. The molecule has 2 aliphatic rings. The van der Waals surface area contributed by atoms with Crippen LogP contribution in [0.2, 0.25) is 0 Å². The van der Waals surface area contributed by atoms with E-state index < -0.39 is 168 Å². The first-order valence-corrected chi connectivity index (χ1v) is 30.8. The molecule has 36 nitrogen and oxygen atoms in total. The molecule has 92 heavy (non-hydrogen) atoms. The molecule has 13 atom stereocenters. The molecule has 0 unspecified atom stereocenters. The third-order valence-electron chi connectivity index (χ3n) is 14.9. The van der Waals surface area contributed by atoms with Crippen LogP contribution >= 0.6 is 0 Å². The van der Waals surface area contributed by atoms with Crippen LogP contribution in [-0.2, 0) is 62.3 Å². The molecule has 0 aromatic rings. The van der Waals surface area contributed by atoms with Crippen LogP contribution in [0.25, 0.3) is 0 Å². The summed E-state index contributed by atoms with van der Waals surface area (Å²) in [6.07, 6.45) is -3.00. The lowest BCUT2D eigenvalue weighted by Crippen LogP contribution is -2.63. The highest BCUT2D eigenvalue weighted by molar-refractivity contribution is 6.00. The van der Waals surface area contributed by atoms with Gasteiger partial charge in [-0.2, -0.15) is 0 Å². The summed E-state index contributed by atoms with van der Waals surface area (Å²) < 4.78 is 0. The van der Waals surface area contributed by atoms with Crippen molar-refractivity contribution in [3.8, 4) is 0 Å². The number of aliphatic imine (C=N–C) groups is 2. The number of amides is 11. The van der Waals surface area contributed by atoms with Gasteiger partial charge in [0.25, 0.3) is 0 Å². The van der Waals surface area contributed by atoms with E-state index in [1.54, 1.807) is 27.7 Å². The second-order valence-electron chi connectivity index (χ2n) is 23.9. The molecule has 520 valence electrons. The Morgan fingerprint density at radius 2 is 0.891 bits per heavy atom. The molecule has 2 fully saturated rings. The van der Waals surface area contributed by atoms with Gasteiger partial charge in [0, 0.05) is 26.2 Å². The Labute approximate surface area is 533 Å². The van der Waals surface area contributed by atoms with Crippen molar-refractivity contribution in [2.24, 2.45) is 62.0 Å². The average Bonchev–Trinajstić information content (AvgIpc) is 1.63. The number of nitrogens with one attached hydrogen (secondary N) is 8. The summed E-state index contributed by atoms with van der Waals surface area (Å²) in [6.45, 7) is 9.56. The number of hydrogen-bond acceptors (Lipinski definition) is 19. The molecule has 0 spiro atoms. The van der Waals surface area contributed by atoms with E-state index in [4.69, 9.17) is 45.2 Å². The first-order valence-electron chi connectivity index (χ1n) is 30.8. The van der Waals surface area contributed by atoms with Crippen LogP contribution in [-0.4, -0.2) is 230 Å². The number of nitrogens with two attached hydrogens (primary N) is 7. The summed E-state index contributed by atoms with van der Waals surface area (Å²) in [5, 5.41) is 59.8. The zero-order valence-electron chi connectivity index (χ0n) is 53.2. The van der Waals surface area contributed by atoms with Crippen molar-refractivity contribution in [3.63, 3.8) is 0 Å². The quantitative estimate of drug-likeness (QED) is 0.0154. The highest BCUT2D eigenvalue weighted by atomic mass is 16.4. The minimum atomic E-state index is -1.91. The van der Waals surface area contributed by atoms with Gasteiger partial charge in [-0.1, -0.05) is 27.7 Å². The van der Waals surface area contributed by atoms with E-state index in [9.17, 15) is 77.6 Å². The monoisotopic (exact) mass is 1310 g/mol. The second kappa shape index (κ2) is 39.7. The van der Waals surface area contributed by atoms with Crippen LogP contribution in [0.1, 0.15) is 138 Å². The Balaban J connectivity index is 2.39. The normalized spacial score (nSPS) is 18.1. The topological polar surface area (TPSA) is 612 Å². The lowest BCUT2D eigenvalue weighted by Gasteiger charge is -2.32. The first-order chi connectivity index (χ1) is 43.1. The van der Waals surface area contributed by atoms with E-state index in [1.165, 1.54) is 9.80 Å². The lowest BCUT2D eigenvalue weighted by atomic mass is 10.00. The fourth-order valence-corrected chi connectivity index (χ4v) is 10.3. The maximum absolute atomic E-state index is 14.7. The molecule has 36 heteroatoms. The van der Waals surface area contributed by atoms with Gasteiger partial charge in [0.2, 0.25) is 65.0 Å². The van der Waals surface area contributed by atoms with Gasteiger partial charge in [-0.15, -0.1) is 0 Å². The SMILES string of the molecule is CC(C)C[C@H](NC(=O)[C@H](CC(N)=O)NC(=O)[C@H](CC(C)C)NC(=O)[C@@H](NC(=O)[C@@H](NC(=O)[C@@H]1CCCN1C(=O)[C@H](CCCN=C(N)N)NC(=O)[C@H](CCCCN)NC(=O)[C@@H]1CCCN1C(=O)[C@@H](N)CCCN=C(N)N)[C@@H](C)O)[C@@H](C)O)C(=O)N[C@@H](CC(=O)O)C(=O)O. The van der Waals surface area contributed by atoms with Crippen LogP contribution in [0.4, 0.5) is 0 Å². The van der Waals surface area contributed by atoms with Gasteiger partial charge in [0.1, 0.15) is 60.4 Å². The van der Waals surface area contributed by atoms with Gasteiger partial charge in [-0.3, -0.25) is 67.5 Å². The molecule has 2 aliphatic heterocycles. The molecule has 0 radical (unpaired) electrons. The Hall–Kier alpha value is -8.51. The molecule has 11 amide bonds. The lowest BCUT2D eigenvalue weighted by molar-refractivity contribution is -0.147. The van der Waals surface area contributed by atoms with Crippen molar-refractivity contribution in [2.75, 3.05) is 32.7 Å². The summed E-state index contributed by atoms with van der Waals surface area (Å²) in [5.74, 6) is -14.7. The summed E-state index contributed by atoms with van der Waals surface area (Å²) in [6, 6.07) is -16.4. The van der Waals surface area contributed by atoms with E-state index >= 15 is 0 Å². The van der Waals surface area contributed by atoms with Gasteiger partial charge in [-0.05, 0) is 116 Å². The van der Waals surface area contributed by atoms with Crippen LogP contribution in [0, 0.1) is 11.8 Å². The molecule has 0 aliphatic carbocycles. The first kappa shape index (κ1) is 79.6. The van der Waals surface area contributed by atoms with E-state index in [1.807, 2.05) is 0 Å². The fourth-order valence-electron chi connectivity index (χ4n) is 10.3. The number of primary amides is 1. The number of nitrogens with zero attached hydrogens (tertiary/aromatic N) is 4. The Morgan fingerprint density at radius 1 is 0.478 bits per heavy atom. The zero-order chi connectivity index (χ0) is 69.7. The summed E-state index contributed by atoms with van der Waals surface area (Å²) in [5.41, 5.74) is 39.3. The number of likely N-dealkylation sites (tertiary alicyclic amines) is 2. The van der Waals surface area contributed by atoms with Crippen LogP contribution in [0.5, 0.6) is 0 Å². The van der Waals surface area contributed by atoms with Crippen LogP contribution in [0.15, 0.2) is 9.98 Å². The number of hydrogen-bond donors (Lipinski definition) is 19. The molecular formula is C56H99N19O17. The number of carbonyl (C=O) groups is 13. The predicted molar refractivity (Wildman–Crippen MR) is 332 cm³/mol. The van der Waals surface area contributed by atoms with Gasteiger partial charge < -0.3 is 113 Å². The molecule has 26 N–H and O–H groups in total. The fraction of sp³-hybridized carbons (Fsp3) is 0.732. The Morgan fingerprint density at radius 3 is 1.36 bits per heavy atom. The second-order valence-corrected chi connectivity index (χ2v) is 23.9. The smallest absolute Gasteiger partial charge is 0.326 e. The highest BCUT2D eigenvalue weighted by Crippen LogP contribution is 2.23. The number of aliphatic hydroxyl groups excluding tert-OH is 2. The van der Waals surface area contributed by atoms with Crippen molar-refractivity contribution in [2.45, 2.75) is 217 Å². The van der Waals surface area contributed by atoms with E-state index in [-0.39, 0.29) is 114 Å². The number of aliphatic carboxylic acids is 2. The van der Waals surface area contributed by atoms with Gasteiger partial charge in [0.05, 0.1) is 31.1 Å². The van der Waals surface area contributed by atoms with Crippen molar-refractivity contribution >= 4 is 88.8 Å². The number of rotatable bonds is 41. The number of guanidine groups is 2. The summed E-state index contributed by atoms with van der Waals surface area (Å²) in [4.78, 5) is 185. The van der Waals surface area contributed by atoms with E-state index in [2.05, 4.69) is 52.5 Å². The number of carboxylic acid groups (broad SMARTS) is 2. The largest absolute Gasteiger partial charge is 0.481 e. The van der Waals surface area contributed by atoms with Crippen LogP contribution < -0.4 is 82.7 Å². The molecule has 2 heterocycles. The van der Waals surface area contributed by atoms with Gasteiger partial charge >= 0.3 is 11.9 Å². The predicted octanol–water partition coefficient (Wildman–Crippen LogP) is -7.30. The summed E-state index contributed by atoms with van der Waals surface area (Å²) >= 11 is 0. The van der Waals surface area contributed by atoms with Gasteiger partial charge in [-0.25, -0.2) is 4.79 Å². The molecule has 0 aromatic carbocycles. The Kier molecular flexibility index (Phi) is 34.3. The van der Waals surface area contributed by atoms with Crippen molar-refractivity contribution in [1.82, 2.24) is 52.3 Å². The standard InChI is InChI=1S/C56H99N19O17/c1-27(2)23-34(46(83)71-37(54(91)92)26-41(79)80)68-47(84)36(25-40(59)78)69-45(82)35(24-28(3)4)70-50(87)42(29(5)76)73-51(88)43(30(6)77)72-49(86)39-17-12-22-75(39)53(90)33(15-10-20-65-56(62)63)67-44(81)32(14-7-8-18-57)66-48(85)38-16-11-21-74(38)52(89)31(58)13-9-19-64-55(60)61/h27-39,42-43,76-77H,7-26,57-58H2,1-6H3,(H2,59,78)(H,66,85)(H,67,81)(H,68,84)(H,69,82)(H,70,87)(H,71,83)(H,72,86)(H,73,88)(H,79,80)(H,91,92)(H4,60,61,64)(H4,62,63,65)/t29-,30-,31+,32+,33+,34+,35+,36+,37+,38+,39+,42+,43+/m1/s1. The highest BCUT2D eigenvalue weighted by Gasteiger charge is 2.43. The molecule has 0 aromatic heterocycles. The molecule has 0 bridgehead atoms. The molecule has 0 saturated carbocycles. The molecule has 2 saturated heterocycles. The van der Waals surface area contributed by atoms with E-state index in [0.717, 1.165) is 13.8 Å². The van der Waals surface area contributed by atoms with Crippen molar-refractivity contribution in [3.05, 3.63) is 0 Å². The number of carboxylic acids is 2. The molecule has 2 rings (SSSR count).